The molecular formula is C18H15F6N3O. The van der Waals surface area contributed by atoms with Crippen LogP contribution < -0.4 is 10.2 Å². The first-order valence-corrected chi connectivity index (χ1v) is 8.34. The van der Waals surface area contributed by atoms with E-state index in [4.69, 9.17) is 0 Å². The highest BCUT2D eigenvalue weighted by Gasteiger charge is 2.34. The summed E-state index contributed by atoms with van der Waals surface area (Å²) in [5.41, 5.74) is -1.26. The Kier molecular flexibility index (Phi) is 5.22. The molecule has 1 fully saturated rings. The van der Waals surface area contributed by atoms with Crippen molar-refractivity contribution in [2.75, 3.05) is 16.8 Å². The molecule has 0 saturated carbocycles. The van der Waals surface area contributed by atoms with E-state index in [0.29, 0.717) is 31.3 Å². The molecule has 1 aromatic heterocycles. The van der Waals surface area contributed by atoms with Crippen molar-refractivity contribution in [1.82, 2.24) is 4.98 Å². The maximum atomic E-state index is 12.7. The number of carbonyl (C=O) groups is 1. The van der Waals surface area contributed by atoms with E-state index in [1.165, 1.54) is 12.1 Å². The fourth-order valence-electron chi connectivity index (χ4n) is 3.04. The number of carbonyl (C=O) groups excluding carboxylic acids is 1. The Bertz CT molecular complexity index is 830. The number of aromatic nitrogens is 1. The first-order chi connectivity index (χ1) is 13.1. The number of alkyl halides is 6. The lowest BCUT2D eigenvalue weighted by atomic mass is 10.1. The largest absolute Gasteiger partial charge is 0.417 e. The van der Waals surface area contributed by atoms with Crippen LogP contribution in [0.5, 0.6) is 0 Å². The van der Waals surface area contributed by atoms with Gasteiger partial charge in [-0.2, -0.15) is 26.3 Å². The second kappa shape index (κ2) is 7.33. The van der Waals surface area contributed by atoms with Crippen molar-refractivity contribution < 1.29 is 31.1 Å². The van der Waals surface area contributed by atoms with Crippen LogP contribution in [0, 0.1) is 0 Å². The minimum atomic E-state index is -4.53. The monoisotopic (exact) mass is 403 g/mol. The van der Waals surface area contributed by atoms with Crippen LogP contribution in [0.3, 0.4) is 0 Å². The quantitative estimate of drug-likeness (QED) is 0.754. The fraction of sp³-hybridized carbons (Fsp3) is 0.333. The molecule has 1 atom stereocenters. The highest BCUT2D eigenvalue weighted by molar-refractivity contribution is 5.96. The predicted octanol–water partition coefficient (Wildman–Crippen LogP) is 4.73. The van der Waals surface area contributed by atoms with Crippen LogP contribution in [0.4, 0.5) is 37.8 Å². The number of nitrogens with zero attached hydrogens (tertiary/aromatic N) is 2. The molecule has 1 aliphatic heterocycles. The number of amides is 1. The zero-order chi connectivity index (χ0) is 20.5. The van der Waals surface area contributed by atoms with Gasteiger partial charge in [0, 0.05) is 18.4 Å². The topological polar surface area (TPSA) is 45.2 Å². The zero-order valence-electron chi connectivity index (χ0n) is 14.3. The van der Waals surface area contributed by atoms with E-state index < -0.39 is 35.4 Å². The van der Waals surface area contributed by atoms with Gasteiger partial charge >= 0.3 is 12.4 Å². The molecule has 0 unspecified atom stereocenters. The first kappa shape index (κ1) is 20.0. The Labute approximate surface area is 156 Å². The van der Waals surface area contributed by atoms with Gasteiger partial charge in [0.25, 0.3) is 0 Å². The lowest BCUT2D eigenvalue weighted by Gasteiger charge is -2.26. The van der Waals surface area contributed by atoms with E-state index in [1.807, 2.05) is 0 Å². The second-order valence-corrected chi connectivity index (χ2v) is 6.32. The zero-order valence-corrected chi connectivity index (χ0v) is 14.3. The molecule has 1 aliphatic rings. The van der Waals surface area contributed by atoms with Gasteiger partial charge in [0.1, 0.15) is 11.9 Å². The molecule has 3 rings (SSSR count). The van der Waals surface area contributed by atoms with Gasteiger partial charge in [0.05, 0.1) is 11.1 Å². The van der Waals surface area contributed by atoms with E-state index >= 15 is 0 Å². The molecule has 2 heterocycles. The smallest absolute Gasteiger partial charge is 0.360 e. The van der Waals surface area contributed by atoms with Gasteiger partial charge < -0.3 is 10.2 Å². The Morgan fingerprint density at radius 1 is 0.964 bits per heavy atom. The molecular weight excluding hydrogens is 388 g/mol. The molecule has 28 heavy (non-hydrogen) atoms. The molecule has 1 saturated heterocycles. The van der Waals surface area contributed by atoms with Gasteiger partial charge in [-0.05, 0) is 49.2 Å². The molecule has 0 bridgehead atoms. The summed E-state index contributed by atoms with van der Waals surface area (Å²) in [6.07, 6.45) is -7.24. The van der Waals surface area contributed by atoms with Gasteiger partial charge in [-0.1, -0.05) is 0 Å². The molecule has 4 nitrogen and oxygen atoms in total. The maximum absolute atomic E-state index is 12.7. The van der Waals surface area contributed by atoms with Gasteiger partial charge in [-0.25, -0.2) is 4.98 Å². The number of hydrogen-bond acceptors (Lipinski definition) is 3. The van der Waals surface area contributed by atoms with Crippen LogP contribution in [0.25, 0.3) is 0 Å². The lowest BCUT2D eigenvalue weighted by Crippen LogP contribution is -2.39. The Morgan fingerprint density at radius 2 is 1.57 bits per heavy atom. The maximum Gasteiger partial charge on any atom is 0.417 e. The van der Waals surface area contributed by atoms with Gasteiger partial charge in [-0.3, -0.25) is 4.79 Å². The summed E-state index contributed by atoms with van der Waals surface area (Å²) in [5, 5.41) is 2.46. The van der Waals surface area contributed by atoms with Gasteiger partial charge in [0.2, 0.25) is 5.91 Å². The number of nitrogens with one attached hydrogen (secondary N) is 1. The predicted molar refractivity (Wildman–Crippen MR) is 89.7 cm³/mol. The Hall–Kier alpha value is -2.78. The van der Waals surface area contributed by atoms with Gasteiger partial charge in [-0.15, -0.1) is 0 Å². The lowest BCUT2D eigenvalue weighted by molar-refractivity contribution is -0.138. The standard InChI is InChI=1S/C18H15F6N3O/c19-17(20,21)11-3-6-13(7-4-11)27-9-1-2-14(27)16(28)26-15-8-5-12(10-25-15)18(22,23)24/h3-8,10,14H,1-2,9H2,(H,25,26,28)/t14-/m1/s1. The highest BCUT2D eigenvalue weighted by atomic mass is 19.4. The number of anilines is 2. The van der Waals surface area contributed by atoms with E-state index in [1.54, 1.807) is 4.90 Å². The van der Waals surface area contributed by atoms with Crippen LogP contribution in [-0.2, 0) is 17.1 Å². The summed E-state index contributed by atoms with van der Waals surface area (Å²) in [4.78, 5) is 17.8. The number of pyridine rings is 1. The van der Waals surface area contributed by atoms with Crippen molar-refractivity contribution in [2.24, 2.45) is 0 Å². The molecule has 1 amide bonds. The Balaban J connectivity index is 1.71. The number of benzene rings is 1. The van der Waals surface area contributed by atoms with E-state index in [-0.39, 0.29) is 5.82 Å². The molecule has 10 heteroatoms. The molecule has 1 aromatic carbocycles. The van der Waals surface area contributed by atoms with Gasteiger partial charge in [0.15, 0.2) is 0 Å². The molecule has 150 valence electrons. The number of halogens is 6. The average molecular weight is 403 g/mol. The van der Waals surface area contributed by atoms with Crippen LogP contribution in [0.2, 0.25) is 0 Å². The summed E-state index contributed by atoms with van der Waals surface area (Å²) in [6.45, 7) is 0.476. The molecule has 0 aliphatic carbocycles. The second-order valence-electron chi connectivity index (χ2n) is 6.32. The van der Waals surface area contributed by atoms with Crippen LogP contribution in [-0.4, -0.2) is 23.5 Å². The molecule has 0 spiro atoms. The first-order valence-electron chi connectivity index (χ1n) is 8.34. The minimum Gasteiger partial charge on any atom is -0.360 e. The molecule has 1 N–H and O–H groups in total. The SMILES string of the molecule is O=C(Nc1ccc(C(F)(F)F)cn1)[C@H]1CCCN1c1ccc(C(F)(F)F)cc1. The summed E-state index contributed by atoms with van der Waals surface area (Å²) in [5.74, 6) is -0.512. The fourth-order valence-corrected chi connectivity index (χ4v) is 3.04. The van der Waals surface area contributed by atoms with Crippen molar-refractivity contribution in [3.8, 4) is 0 Å². The molecule has 0 radical (unpaired) electrons. The third-order valence-corrected chi connectivity index (χ3v) is 4.42. The van der Waals surface area contributed by atoms with Crippen molar-refractivity contribution in [3.63, 3.8) is 0 Å². The average Bonchev–Trinajstić information content (AvgIpc) is 3.10. The van der Waals surface area contributed by atoms with Crippen molar-refractivity contribution in [1.29, 1.82) is 0 Å². The Morgan fingerprint density at radius 3 is 2.11 bits per heavy atom. The van der Waals surface area contributed by atoms with E-state index in [2.05, 4.69) is 10.3 Å². The summed E-state index contributed by atoms with van der Waals surface area (Å²) < 4.78 is 75.8. The third kappa shape index (κ3) is 4.37. The number of hydrogen-bond donors (Lipinski definition) is 1. The van der Waals surface area contributed by atoms with E-state index in [0.717, 1.165) is 24.3 Å². The third-order valence-electron chi connectivity index (χ3n) is 4.42. The van der Waals surface area contributed by atoms with Crippen LogP contribution in [0.1, 0.15) is 24.0 Å². The van der Waals surface area contributed by atoms with Crippen molar-refractivity contribution in [2.45, 2.75) is 31.2 Å². The van der Waals surface area contributed by atoms with Crippen molar-refractivity contribution >= 4 is 17.4 Å². The summed E-state index contributed by atoms with van der Waals surface area (Å²) >= 11 is 0. The van der Waals surface area contributed by atoms with Crippen LogP contribution in [0.15, 0.2) is 42.6 Å². The van der Waals surface area contributed by atoms with E-state index in [9.17, 15) is 31.1 Å². The normalized spacial score (nSPS) is 17.6. The summed E-state index contributed by atoms with van der Waals surface area (Å²) in [6, 6.07) is 5.69. The molecule has 2 aromatic rings. The van der Waals surface area contributed by atoms with Crippen LogP contribution >= 0.6 is 0 Å². The minimum absolute atomic E-state index is 0.0303. The summed E-state index contributed by atoms with van der Waals surface area (Å²) in [7, 11) is 0. The number of rotatable bonds is 3. The van der Waals surface area contributed by atoms with Crippen molar-refractivity contribution in [3.05, 3.63) is 53.7 Å². The highest BCUT2D eigenvalue weighted by Crippen LogP contribution is 2.33.